The zero-order chi connectivity index (χ0) is 9.19. The molecule has 0 aliphatic carbocycles. The van der Waals surface area contributed by atoms with Crippen LogP contribution < -0.4 is 0 Å². The monoisotopic (exact) mass is 166 g/mol. The Morgan fingerprint density at radius 2 is 2.17 bits per heavy atom. The van der Waals surface area contributed by atoms with Crippen LogP contribution in [0.5, 0.6) is 0 Å². The van der Waals surface area contributed by atoms with Crippen LogP contribution in [0, 0.1) is 6.92 Å². The van der Waals surface area contributed by atoms with Crippen molar-refractivity contribution in [3.8, 4) is 0 Å². The highest BCUT2D eigenvalue weighted by Gasteiger charge is 2.14. The van der Waals surface area contributed by atoms with Crippen LogP contribution in [-0.2, 0) is 6.42 Å². The molecule has 0 saturated heterocycles. The van der Waals surface area contributed by atoms with E-state index in [0.717, 1.165) is 11.3 Å². The van der Waals surface area contributed by atoms with Crippen molar-refractivity contribution in [3.05, 3.63) is 23.8 Å². The minimum Gasteiger partial charge on any atom is -0.390 e. The summed E-state index contributed by atoms with van der Waals surface area (Å²) in [4.78, 5) is 7.95. The van der Waals surface area contributed by atoms with Crippen molar-refractivity contribution >= 4 is 0 Å². The van der Waals surface area contributed by atoms with Gasteiger partial charge in [0.2, 0.25) is 0 Å². The number of aryl methyl sites for hydroxylation is 1. The molecule has 1 rings (SSSR count). The van der Waals surface area contributed by atoms with E-state index in [1.807, 2.05) is 6.92 Å². The lowest BCUT2D eigenvalue weighted by molar-refractivity contribution is 0.0806. The van der Waals surface area contributed by atoms with Crippen LogP contribution >= 0.6 is 0 Å². The van der Waals surface area contributed by atoms with Gasteiger partial charge in [-0.2, -0.15) is 0 Å². The van der Waals surface area contributed by atoms with Gasteiger partial charge in [0.25, 0.3) is 0 Å². The molecule has 0 aliphatic rings. The highest BCUT2D eigenvalue weighted by Crippen LogP contribution is 2.12. The Balaban J connectivity index is 2.83. The first-order valence-electron chi connectivity index (χ1n) is 3.97. The number of aromatic nitrogens is 2. The van der Waals surface area contributed by atoms with Gasteiger partial charge in [0.05, 0.1) is 5.60 Å². The van der Waals surface area contributed by atoms with Gasteiger partial charge in [-0.05, 0) is 26.3 Å². The van der Waals surface area contributed by atoms with Crippen LogP contribution in [0.3, 0.4) is 0 Å². The minimum atomic E-state index is -0.685. The van der Waals surface area contributed by atoms with E-state index < -0.39 is 5.60 Å². The van der Waals surface area contributed by atoms with Crippen LogP contribution in [0.2, 0.25) is 0 Å². The SMILES string of the molecule is Cc1ncncc1CC(C)(C)O. The zero-order valence-corrected chi connectivity index (χ0v) is 7.70. The molecular formula is C9H14N2O. The summed E-state index contributed by atoms with van der Waals surface area (Å²) < 4.78 is 0. The van der Waals surface area contributed by atoms with Crippen molar-refractivity contribution in [2.45, 2.75) is 32.8 Å². The largest absolute Gasteiger partial charge is 0.390 e. The Labute approximate surface area is 72.5 Å². The number of rotatable bonds is 2. The summed E-state index contributed by atoms with van der Waals surface area (Å²) in [5.74, 6) is 0. The van der Waals surface area contributed by atoms with E-state index in [1.54, 1.807) is 20.0 Å². The summed E-state index contributed by atoms with van der Waals surface area (Å²) in [5, 5.41) is 9.54. The third kappa shape index (κ3) is 2.58. The van der Waals surface area contributed by atoms with E-state index in [9.17, 15) is 5.11 Å². The summed E-state index contributed by atoms with van der Waals surface area (Å²) in [6, 6.07) is 0. The van der Waals surface area contributed by atoms with Gasteiger partial charge in [0.1, 0.15) is 6.33 Å². The average molecular weight is 166 g/mol. The van der Waals surface area contributed by atoms with Crippen LogP contribution in [0.25, 0.3) is 0 Å². The van der Waals surface area contributed by atoms with E-state index in [0.29, 0.717) is 6.42 Å². The van der Waals surface area contributed by atoms with Crippen molar-refractivity contribution < 1.29 is 5.11 Å². The van der Waals surface area contributed by atoms with Crippen molar-refractivity contribution in [1.29, 1.82) is 0 Å². The molecule has 3 nitrogen and oxygen atoms in total. The third-order valence-electron chi connectivity index (χ3n) is 1.64. The third-order valence-corrected chi connectivity index (χ3v) is 1.64. The van der Waals surface area contributed by atoms with Gasteiger partial charge in [0.15, 0.2) is 0 Å². The molecule has 1 N–H and O–H groups in total. The normalized spacial score (nSPS) is 11.7. The fourth-order valence-corrected chi connectivity index (χ4v) is 1.06. The van der Waals surface area contributed by atoms with Crippen LogP contribution in [0.15, 0.2) is 12.5 Å². The molecule has 0 spiro atoms. The first-order valence-corrected chi connectivity index (χ1v) is 3.97. The van der Waals surface area contributed by atoms with E-state index in [-0.39, 0.29) is 0 Å². The second-order valence-electron chi connectivity index (χ2n) is 3.62. The summed E-state index contributed by atoms with van der Waals surface area (Å²) in [7, 11) is 0. The molecule has 12 heavy (non-hydrogen) atoms. The predicted molar refractivity (Wildman–Crippen MR) is 46.8 cm³/mol. The lowest BCUT2D eigenvalue weighted by Crippen LogP contribution is -2.22. The van der Waals surface area contributed by atoms with Crippen molar-refractivity contribution in [2.75, 3.05) is 0 Å². The van der Waals surface area contributed by atoms with Crippen molar-refractivity contribution in [3.63, 3.8) is 0 Å². The lowest BCUT2D eigenvalue weighted by Gasteiger charge is -2.17. The van der Waals surface area contributed by atoms with Gasteiger partial charge in [0, 0.05) is 18.3 Å². The topological polar surface area (TPSA) is 46.0 Å². The Hall–Kier alpha value is -0.960. The van der Waals surface area contributed by atoms with Gasteiger partial charge < -0.3 is 5.11 Å². The van der Waals surface area contributed by atoms with Crippen molar-refractivity contribution in [1.82, 2.24) is 9.97 Å². The maximum Gasteiger partial charge on any atom is 0.115 e. The van der Waals surface area contributed by atoms with Gasteiger partial charge in [-0.3, -0.25) is 0 Å². The van der Waals surface area contributed by atoms with E-state index >= 15 is 0 Å². The van der Waals surface area contributed by atoms with Gasteiger partial charge >= 0.3 is 0 Å². The molecule has 0 atom stereocenters. The van der Waals surface area contributed by atoms with Gasteiger partial charge in [-0.15, -0.1) is 0 Å². The zero-order valence-electron chi connectivity index (χ0n) is 7.70. The summed E-state index contributed by atoms with van der Waals surface area (Å²) in [6.07, 6.45) is 3.86. The molecule has 0 bridgehead atoms. The Morgan fingerprint density at radius 1 is 1.50 bits per heavy atom. The predicted octanol–water partition coefficient (Wildman–Crippen LogP) is 1.10. The van der Waals surface area contributed by atoms with Crippen molar-refractivity contribution in [2.24, 2.45) is 0 Å². The number of hydrogen-bond acceptors (Lipinski definition) is 3. The second-order valence-corrected chi connectivity index (χ2v) is 3.62. The fraction of sp³-hybridized carbons (Fsp3) is 0.556. The van der Waals surface area contributed by atoms with Gasteiger partial charge in [-0.1, -0.05) is 0 Å². The smallest absolute Gasteiger partial charge is 0.115 e. The maximum absolute atomic E-state index is 9.54. The van der Waals surface area contributed by atoms with E-state index in [1.165, 1.54) is 6.33 Å². The summed E-state index contributed by atoms with van der Waals surface area (Å²) in [5.41, 5.74) is 1.26. The molecular weight excluding hydrogens is 152 g/mol. The Morgan fingerprint density at radius 3 is 2.67 bits per heavy atom. The average Bonchev–Trinajstić information content (AvgIpc) is 1.91. The highest BCUT2D eigenvalue weighted by atomic mass is 16.3. The molecule has 66 valence electrons. The van der Waals surface area contributed by atoms with Crippen LogP contribution in [0.4, 0.5) is 0 Å². The molecule has 0 amide bonds. The first-order chi connectivity index (χ1) is 5.49. The molecule has 0 radical (unpaired) electrons. The minimum absolute atomic E-state index is 0.597. The summed E-state index contributed by atoms with van der Waals surface area (Å²) in [6.45, 7) is 5.47. The first kappa shape index (κ1) is 9.13. The van der Waals surface area contributed by atoms with E-state index in [2.05, 4.69) is 9.97 Å². The van der Waals surface area contributed by atoms with Crippen LogP contribution in [0.1, 0.15) is 25.1 Å². The number of nitrogens with zero attached hydrogens (tertiary/aromatic N) is 2. The standard InChI is InChI=1S/C9H14N2O/c1-7-8(4-9(2,3)12)5-10-6-11-7/h5-6,12H,4H2,1-3H3. The highest BCUT2D eigenvalue weighted by molar-refractivity contribution is 5.15. The molecule has 1 aromatic rings. The quantitative estimate of drug-likeness (QED) is 0.715. The molecule has 1 heterocycles. The van der Waals surface area contributed by atoms with E-state index in [4.69, 9.17) is 0 Å². The molecule has 0 fully saturated rings. The molecule has 1 aromatic heterocycles. The second kappa shape index (κ2) is 3.19. The Kier molecular flexibility index (Phi) is 2.43. The number of hydrogen-bond donors (Lipinski definition) is 1. The summed E-state index contributed by atoms with van der Waals surface area (Å²) >= 11 is 0. The lowest BCUT2D eigenvalue weighted by atomic mass is 9.99. The molecule has 0 aromatic carbocycles. The maximum atomic E-state index is 9.54. The van der Waals surface area contributed by atoms with Crippen LogP contribution in [-0.4, -0.2) is 20.7 Å². The molecule has 0 unspecified atom stereocenters. The molecule has 0 aliphatic heterocycles. The Bertz CT molecular complexity index is 265. The van der Waals surface area contributed by atoms with Gasteiger partial charge in [-0.25, -0.2) is 9.97 Å². The fourth-order valence-electron chi connectivity index (χ4n) is 1.06. The molecule has 3 heteroatoms. The number of aliphatic hydroxyl groups is 1. The molecule has 0 saturated carbocycles.